The smallest absolute Gasteiger partial charge is 0.175 e. The summed E-state index contributed by atoms with van der Waals surface area (Å²) in [6.07, 6.45) is 1.85. The first kappa shape index (κ1) is 6.31. The highest BCUT2D eigenvalue weighted by molar-refractivity contribution is 5.81. The molecule has 1 saturated carbocycles. The normalized spacial score (nSPS) is 30.2. The SMILES string of the molecule is O=C1CCC2(C1)OCCO2. The Morgan fingerprint density at radius 1 is 1.30 bits per heavy atom. The van der Waals surface area contributed by atoms with Crippen molar-refractivity contribution in [2.75, 3.05) is 13.2 Å². The van der Waals surface area contributed by atoms with Gasteiger partial charge in [-0.15, -0.1) is 0 Å². The number of ether oxygens (including phenoxy) is 2. The number of rotatable bonds is 0. The van der Waals surface area contributed by atoms with Crippen LogP contribution in [0, 0.1) is 0 Å². The maximum absolute atomic E-state index is 10.8. The first-order chi connectivity index (χ1) is 4.81. The molecule has 2 aliphatic rings. The van der Waals surface area contributed by atoms with Crippen molar-refractivity contribution in [3.05, 3.63) is 0 Å². The number of carbonyl (C=O) groups excluding carboxylic acids is 1. The lowest BCUT2D eigenvalue weighted by atomic mass is 10.2. The summed E-state index contributed by atoms with van der Waals surface area (Å²) in [5, 5.41) is 0. The van der Waals surface area contributed by atoms with E-state index < -0.39 is 5.79 Å². The fourth-order valence-corrected chi connectivity index (χ4v) is 1.55. The van der Waals surface area contributed by atoms with E-state index in [2.05, 4.69) is 0 Å². The molecule has 56 valence electrons. The topological polar surface area (TPSA) is 35.5 Å². The molecule has 1 aliphatic heterocycles. The van der Waals surface area contributed by atoms with Crippen molar-refractivity contribution in [3.63, 3.8) is 0 Å². The van der Waals surface area contributed by atoms with Crippen LogP contribution < -0.4 is 0 Å². The molecule has 2 rings (SSSR count). The molecule has 0 radical (unpaired) electrons. The van der Waals surface area contributed by atoms with E-state index in [4.69, 9.17) is 9.47 Å². The maximum Gasteiger partial charge on any atom is 0.175 e. The van der Waals surface area contributed by atoms with Crippen molar-refractivity contribution >= 4 is 5.78 Å². The number of carbonyl (C=O) groups is 1. The van der Waals surface area contributed by atoms with E-state index in [1.807, 2.05) is 0 Å². The van der Waals surface area contributed by atoms with Crippen molar-refractivity contribution in [2.45, 2.75) is 25.0 Å². The lowest BCUT2D eigenvalue weighted by molar-refractivity contribution is -0.154. The van der Waals surface area contributed by atoms with Crippen LogP contribution in [0.15, 0.2) is 0 Å². The molecule has 0 aromatic rings. The van der Waals surface area contributed by atoms with Crippen molar-refractivity contribution < 1.29 is 14.3 Å². The highest BCUT2D eigenvalue weighted by atomic mass is 16.7. The second kappa shape index (κ2) is 2.04. The summed E-state index contributed by atoms with van der Waals surface area (Å²) in [5.74, 6) is -0.223. The molecule has 0 amide bonds. The Bertz CT molecular complexity index is 158. The van der Waals surface area contributed by atoms with Gasteiger partial charge in [-0.05, 0) is 0 Å². The van der Waals surface area contributed by atoms with Gasteiger partial charge in [0.25, 0.3) is 0 Å². The second-order valence-corrected chi connectivity index (χ2v) is 2.82. The fourth-order valence-electron chi connectivity index (χ4n) is 1.55. The van der Waals surface area contributed by atoms with Gasteiger partial charge in [0.2, 0.25) is 0 Å². The van der Waals surface area contributed by atoms with Gasteiger partial charge in [-0.2, -0.15) is 0 Å². The second-order valence-electron chi connectivity index (χ2n) is 2.82. The summed E-state index contributed by atoms with van der Waals surface area (Å²) in [6, 6.07) is 0. The van der Waals surface area contributed by atoms with Crippen LogP contribution in [0.3, 0.4) is 0 Å². The zero-order chi connectivity index (χ0) is 7.03. The van der Waals surface area contributed by atoms with Crippen LogP contribution in [-0.4, -0.2) is 24.8 Å². The Hall–Kier alpha value is -0.410. The minimum absolute atomic E-state index is 0.266. The lowest BCUT2D eigenvalue weighted by Gasteiger charge is -2.18. The van der Waals surface area contributed by atoms with Gasteiger partial charge in [0.1, 0.15) is 5.78 Å². The monoisotopic (exact) mass is 142 g/mol. The summed E-state index contributed by atoms with van der Waals surface area (Å²) in [5.41, 5.74) is 0. The quantitative estimate of drug-likeness (QED) is 0.493. The molecule has 1 aliphatic carbocycles. The Morgan fingerprint density at radius 2 is 2.00 bits per heavy atom. The van der Waals surface area contributed by atoms with Crippen LogP contribution >= 0.6 is 0 Å². The van der Waals surface area contributed by atoms with Crippen molar-refractivity contribution in [1.29, 1.82) is 0 Å². The van der Waals surface area contributed by atoms with Gasteiger partial charge in [-0.1, -0.05) is 0 Å². The minimum Gasteiger partial charge on any atom is -0.347 e. The highest BCUT2D eigenvalue weighted by Crippen LogP contribution is 2.34. The third-order valence-electron chi connectivity index (χ3n) is 2.06. The largest absolute Gasteiger partial charge is 0.347 e. The van der Waals surface area contributed by atoms with E-state index in [0.29, 0.717) is 26.1 Å². The van der Waals surface area contributed by atoms with Gasteiger partial charge in [0.15, 0.2) is 5.79 Å². The number of hydrogen-bond donors (Lipinski definition) is 0. The number of ketones is 1. The Kier molecular flexibility index (Phi) is 1.28. The van der Waals surface area contributed by atoms with Gasteiger partial charge < -0.3 is 9.47 Å². The van der Waals surface area contributed by atoms with Crippen molar-refractivity contribution in [1.82, 2.24) is 0 Å². The van der Waals surface area contributed by atoms with Gasteiger partial charge in [-0.3, -0.25) is 4.79 Å². The Balaban J connectivity index is 2.09. The zero-order valence-corrected chi connectivity index (χ0v) is 5.76. The zero-order valence-electron chi connectivity index (χ0n) is 5.76. The average molecular weight is 142 g/mol. The molecule has 0 N–H and O–H groups in total. The van der Waals surface area contributed by atoms with Gasteiger partial charge >= 0.3 is 0 Å². The third kappa shape index (κ3) is 0.859. The Morgan fingerprint density at radius 3 is 2.50 bits per heavy atom. The first-order valence-electron chi connectivity index (χ1n) is 3.60. The van der Waals surface area contributed by atoms with E-state index >= 15 is 0 Å². The van der Waals surface area contributed by atoms with Crippen LogP contribution in [-0.2, 0) is 14.3 Å². The van der Waals surface area contributed by atoms with Crippen molar-refractivity contribution in [2.24, 2.45) is 0 Å². The molecule has 1 spiro atoms. The van der Waals surface area contributed by atoms with Crippen LogP contribution in [0.5, 0.6) is 0 Å². The van der Waals surface area contributed by atoms with E-state index in [9.17, 15) is 4.79 Å². The lowest BCUT2D eigenvalue weighted by Crippen LogP contribution is -2.25. The standard InChI is InChI=1S/C7H10O3/c8-6-1-2-7(5-6)9-3-4-10-7/h1-5H2. The maximum atomic E-state index is 10.8. The summed E-state index contributed by atoms with van der Waals surface area (Å²) >= 11 is 0. The summed E-state index contributed by atoms with van der Waals surface area (Å²) in [4.78, 5) is 10.8. The molecule has 3 nitrogen and oxygen atoms in total. The molecule has 0 bridgehead atoms. The highest BCUT2D eigenvalue weighted by Gasteiger charge is 2.43. The number of Topliss-reactive ketones (excluding diaryl/α,β-unsaturated/α-hetero) is 1. The Labute approximate surface area is 59.3 Å². The van der Waals surface area contributed by atoms with Gasteiger partial charge in [0.05, 0.1) is 19.6 Å². The van der Waals surface area contributed by atoms with Gasteiger partial charge in [0, 0.05) is 12.8 Å². The summed E-state index contributed by atoms with van der Waals surface area (Å²) in [6.45, 7) is 1.29. The third-order valence-corrected chi connectivity index (χ3v) is 2.06. The average Bonchev–Trinajstić information content (AvgIpc) is 2.46. The van der Waals surface area contributed by atoms with Crippen LogP contribution in [0.4, 0.5) is 0 Å². The van der Waals surface area contributed by atoms with E-state index in [0.717, 1.165) is 6.42 Å². The van der Waals surface area contributed by atoms with E-state index in [-0.39, 0.29) is 5.78 Å². The summed E-state index contributed by atoms with van der Waals surface area (Å²) in [7, 11) is 0. The first-order valence-corrected chi connectivity index (χ1v) is 3.60. The van der Waals surface area contributed by atoms with E-state index in [1.165, 1.54) is 0 Å². The van der Waals surface area contributed by atoms with Crippen LogP contribution in [0.1, 0.15) is 19.3 Å². The summed E-state index contributed by atoms with van der Waals surface area (Å²) < 4.78 is 10.7. The van der Waals surface area contributed by atoms with Gasteiger partial charge in [-0.25, -0.2) is 0 Å². The van der Waals surface area contributed by atoms with Crippen LogP contribution in [0.25, 0.3) is 0 Å². The predicted molar refractivity (Wildman–Crippen MR) is 33.5 cm³/mol. The number of hydrogen-bond acceptors (Lipinski definition) is 3. The predicted octanol–water partition coefficient (Wildman–Crippen LogP) is 0.482. The van der Waals surface area contributed by atoms with Crippen LogP contribution in [0.2, 0.25) is 0 Å². The molecular formula is C7H10O3. The molecule has 3 heteroatoms. The molecule has 10 heavy (non-hydrogen) atoms. The molecular weight excluding hydrogens is 132 g/mol. The molecule has 0 unspecified atom stereocenters. The molecule has 0 aromatic carbocycles. The molecule has 0 aromatic heterocycles. The molecule has 2 fully saturated rings. The van der Waals surface area contributed by atoms with E-state index in [1.54, 1.807) is 0 Å². The molecule has 1 heterocycles. The minimum atomic E-state index is -0.489. The molecule has 1 saturated heterocycles. The van der Waals surface area contributed by atoms with Crippen molar-refractivity contribution in [3.8, 4) is 0 Å². The fraction of sp³-hybridized carbons (Fsp3) is 0.857. The molecule has 0 atom stereocenters.